The zero-order chi connectivity index (χ0) is 10.7. The number of halogens is 2. The molecule has 0 aliphatic carbocycles. The van der Waals surface area contributed by atoms with Crippen LogP contribution < -0.4 is 0 Å². The van der Waals surface area contributed by atoms with E-state index < -0.39 is 6.10 Å². The minimum Gasteiger partial charge on any atom is -0.386 e. The number of aliphatic hydroxyl groups excluding tert-OH is 1. The second-order valence-corrected chi connectivity index (χ2v) is 5.12. The van der Waals surface area contributed by atoms with Gasteiger partial charge >= 0.3 is 0 Å². The molecule has 2 nitrogen and oxygen atoms in total. The van der Waals surface area contributed by atoms with Crippen molar-refractivity contribution in [3.8, 4) is 0 Å². The third kappa shape index (κ3) is 2.78. The summed E-state index contributed by atoms with van der Waals surface area (Å²) in [4.78, 5) is 4.20. The normalized spacial score (nSPS) is 15.2. The molecule has 0 saturated heterocycles. The summed E-state index contributed by atoms with van der Waals surface area (Å²) in [5.74, 6) is 0.222. The van der Waals surface area contributed by atoms with E-state index in [0.717, 1.165) is 15.4 Å². The Balaban J connectivity index is 2.95. The maximum atomic E-state index is 9.95. The number of aliphatic hydroxyl groups is 1. The lowest BCUT2D eigenvalue weighted by Gasteiger charge is -2.17. The van der Waals surface area contributed by atoms with E-state index in [-0.39, 0.29) is 5.92 Å². The van der Waals surface area contributed by atoms with Gasteiger partial charge in [-0.1, -0.05) is 20.3 Å². The van der Waals surface area contributed by atoms with Gasteiger partial charge in [0.2, 0.25) is 0 Å². The Hall–Kier alpha value is 0.0700. The van der Waals surface area contributed by atoms with E-state index in [1.54, 1.807) is 6.20 Å². The molecule has 0 aliphatic heterocycles. The molecule has 0 saturated carbocycles. The highest BCUT2D eigenvalue weighted by molar-refractivity contribution is 9.11. The molecule has 78 valence electrons. The monoisotopic (exact) mass is 321 g/mol. The summed E-state index contributed by atoms with van der Waals surface area (Å²) in [5, 5.41) is 9.95. The van der Waals surface area contributed by atoms with E-state index in [1.807, 2.05) is 13.0 Å². The van der Waals surface area contributed by atoms with E-state index in [9.17, 15) is 5.11 Å². The van der Waals surface area contributed by atoms with E-state index >= 15 is 0 Å². The van der Waals surface area contributed by atoms with Crippen LogP contribution in [0.3, 0.4) is 0 Å². The van der Waals surface area contributed by atoms with Gasteiger partial charge in [0, 0.05) is 15.1 Å². The summed E-state index contributed by atoms with van der Waals surface area (Å²) >= 11 is 6.72. The van der Waals surface area contributed by atoms with Crippen molar-refractivity contribution in [1.29, 1.82) is 0 Å². The predicted octanol–water partition coefficient (Wildman–Crippen LogP) is 3.69. The van der Waals surface area contributed by atoms with Gasteiger partial charge in [-0.2, -0.15) is 0 Å². The maximum Gasteiger partial charge on any atom is 0.0996 e. The predicted molar refractivity (Wildman–Crippen MR) is 64.1 cm³/mol. The summed E-state index contributed by atoms with van der Waals surface area (Å²) in [7, 11) is 0. The average Bonchev–Trinajstić information content (AvgIpc) is 2.15. The molecule has 2 atom stereocenters. The van der Waals surface area contributed by atoms with Gasteiger partial charge in [-0.3, -0.25) is 4.98 Å². The van der Waals surface area contributed by atoms with Crippen LogP contribution in [-0.2, 0) is 0 Å². The van der Waals surface area contributed by atoms with Crippen molar-refractivity contribution in [2.45, 2.75) is 26.4 Å². The number of rotatable bonds is 3. The standard InChI is InChI=1S/C10H13Br2NO/c1-3-6(2)10(14)9-8(12)4-7(11)5-13-9/h4-6,10,14H,3H2,1-2H3. The second-order valence-electron chi connectivity index (χ2n) is 3.35. The SMILES string of the molecule is CCC(C)C(O)c1ncc(Br)cc1Br. The average molecular weight is 323 g/mol. The van der Waals surface area contributed by atoms with Crippen LogP contribution in [0, 0.1) is 5.92 Å². The second kappa shape index (κ2) is 5.24. The highest BCUT2D eigenvalue weighted by atomic mass is 79.9. The van der Waals surface area contributed by atoms with Crippen molar-refractivity contribution < 1.29 is 5.11 Å². The summed E-state index contributed by atoms with van der Waals surface area (Å²) in [6.07, 6.45) is 2.14. The summed E-state index contributed by atoms with van der Waals surface area (Å²) in [6.45, 7) is 4.07. The topological polar surface area (TPSA) is 33.1 Å². The van der Waals surface area contributed by atoms with E-state index in [2.05, 4.69) is 43.8 Å². The fourth-order valence-electron chi connectivity index (χ4n) is 1.14. The summed E-state index contributed by atoms with van der Waals surface area (Å²) in [6, 6.07) is 1.90. The highest BCUT2D eigenvalue weighted by Crippen LogP contribution is 2.29. The third-order valence-electron chi connectivity index (χ3n) is 2.30. The van der Waals surface area contributed by atoms with Crippen LogP contribution in [0.4, 0.5) is 0 Å². The van der Waals surface area contributed by atoms with Crippen LogP contribution in [0.5, 0.6) is 0 Å². The van der Waals surface area contributed by atoms with Crippen LogP contribution in [0.15, 0.2) is 21.2 Å². The number of pyridine rings is 1. The van der Waals surface area contributed by atoms with Crippen molar-refractivity contribution >= 4 is 31.9 Å². The Kier molecular flexibility index (Phi) is 4.54. The Morgan fingerprint density at radius 1 is 1.50 bits per heavy atom. The lowest BCUT2D eigenvalue weighted by Crippen LogP contribution is -2.10. The van der Waals surface area contributed by atoms with Gasteiger partial charge in [0.25, 0.3) is 0 Å². The molecule has 4 heteroatoms. The van der Waals surface area contributed by atoms with Gasteiger partial charge in [-0.15, -0.1) is 0 Å². The van der Waals surface area contributed by atoms with Gasteiger partial charge in [-0.05, 0) is 43.8 Å². The maximum absolute atomic E-state index is 9.95. The van der Waals surface area contributed by atoms with Crippen molar-refractivity contribution in [1.82, 2.24) is 4.98 Å². The van der Waals surface area contributed by atoms with E-state index in [0.29, 0.717) is 5.69 Å². The van der Waals surface area contributed by atoms with Crippen LogP contribution >= 0.6 is 31.9 Å². The van der Waals surface area contributed by atoms with Crippen molar-refractivity contribution in [2.75, 3.05) is 0 Å². The molecule has 2 unspecified atom stereocenters. The first-order chi connectivity index (χ1) is 6.56. The lowest BCUT2D eigenvalue weighted by molar-refractivity contribution is 0.110. The smallest absolute Gasteiger partial charge is 0.0996 e. The van der Waals surface area contributed by atoms with Crippen LogP contribution in [0.25, 0.3) is 0 Å². The zero-order valence-electron chi connectivity index (χ0n) is 8.17. The molecule has 0 spiro atoms. The van der Waals surface area contributed by atoms with Gasteiger partial charge in [0.05, 0.1) is 11.8 Å². The molecule has 14 heavy (non-hydrogen) atoms. The molecule has 0 bridgehead atoms. The largest absolute Gasteiger partial charge is 0.386 e. The molecule has 1 aromatic heterocycles. The Morgan fingerprint density at radius 2 is 2.14 bits per heavy atom. The Bertz CT molecular complexity index is 317. The zero-order valence-corrected chi connectivity index (χ0v) is 11.3. The molecular weight excluding hydrogens is 310 g/mol. The first kappa shape index (κ1) is 12.1. The van der Waals surface area contributed by atoms with Crippen molar-refractivity contribution in [3.63, 3.8) is 0 Å². The molecule has 0 amide bonds. The number of hydrogen-bond donors (Lipinski definition) is 1. The molecule has 1 rings (SSSR count). The summed E-state index contributed by atoms with van der Waals surface area (Å²) in [5.41, 5.74) is 0.711. The van der Waals surface area contributed by atoms with Gasteiger partial charge in [-0.25, -0.2) is 0 Å². The molecule has 1 aromatic rings. The molecule has 0 aromatic carbocycles. The first-order valence-electron chi connectivity index (χ1n) is 4.55. The first-order valence-corrected chi connectivity index (χ1v) is 6.13. The van der Waals surface area contributed by atoms with Crippen LogP contribution in [0.1, 0.15) is 32.1 Å². The Labute approximate surface area is 101 Å². The van der Waals surface area contributed by atoms with Crippen LogP contribution in [-0.4, -0.2) is 10.1 Å². The molecule has 0 aliphatic rings. The molecule has 0 fully saturated rings. The van der Waals surface area contributed by atoms with Crippen molar-refractivity contribution in [2.24, 2.45) is 5.92 Å². The van der Waals surface area contributed by atoms with Gasteiger partial charge in [0.1, 0.15) is 0 Å². The minimum atomic E-state index is -0.498. The van der Waals surface area contributed by atoms with Crippen molar-refractivity contribution in [3.05, 3.63) is 26.9 Å². The summed E-state index contributed by atoms with van der Waals surface area (Å²) < 4.78 is 1.75. The van der Waals surface area contributed by atoms with E-state index in [4.69, 9.17) is 0 Å². The third-order valence-corrected chi connectivity index (χ3v) is 3.37. The quantitative estimate of drug-likeness (QED) is 0.920. The number of aromatic nitrogens is 1. The van der Waals surface area contributed by atoms with Gasteiger partial charge < -0.3 is 5.11 Å². The molecule has 0 radical (unpaired) electrons. The lowest BCUT2D eigenvalue weighted by atomic mass is 9.99. The van der Waals surface area contributed by atoms with Gasteiger partial charge in [0.15, 0.2) is 0 Å². The highest BCUT2D eigenvalue weighted by Gasteiger charge is 2.18. The minimum absolute atomic E-state index is 0.222. The fourth-order valence-corrected chi connectivity index (χ4v) is 2.36. The molecular formula is C10H13Br2NO. The fraction of sp³-hybridized carbons (Fsp3) is 0.500. The molecule has 1 heterocycles. The Morgan fingerprint density at radius 3 is 2.64 bits per heavy atom. The number of nitrogens with zero attached hydrogens (tertiary/aromatic N) is 1. The van der Waals surface area contributed by atoms with E-state index in [1.165, 1.54) is 0 Å². The van der Waals surface area contributed by atoms with Crippen LogP contribution in [0.2, 0.25) is 0 Å². The number of hydrogen-bond acceptors (Lipinski definition) is 2. The molecule has 1 N–H and O–H groups in total.